The summed E-state index contributed by atoms with van der Waals surface area (Å²) in [5.74, 6) is -0.667. The minimum absolute atomic E-state index is 0.230. The Hall–Kier alpha value is -3.43. The number of hydrogen-bond acceptors (Lipinski definition) is 6. The third kappa shape index (κ3) is 5.08. The van der Waals surface area contributed by atoms with Crippen LogP contribution in [0.3, 0.4) is 0 Å². The molecule has 0 aliphatic carbocycles. The van der Waals surface area contributed by atoms with Gasteiger partial charge in [-0.2, -0.15) is 9.78 Å². The molecule has 3 aromatic rings. The molecule has 0 saturated carbocycles. The van der Waals surface area contributed by atoms with E-state index in [-0.39, 0.29) is 10.2 Å². The number of nitrogens with zero attached hydrogens (tertiary/aromatic N) is 3. The Morgan fingerprint density at radius 1 is 1.19 bits per heavy atom. The smallest absolute Gasteiger partial charge is 0.327 e. The van der Waals surface area contributed by atoms with E-state index < -0.39 is 17.9 Å². The number of thioether (sulfide) groups is 1. The lowest BCUT2D eigenvalue weighted by molar-refractivity contribution is -0.147. The van der Waals surface area contributed by atoms with Crippen LogP contribution in [0.15, 0.2) is 59.5 Å². The fourth-order valence-corrected chi connectivity index (χ4v) is 5.31. The molecular formula is C27H27N3O4S2. The summed E-state index contributed by atoms with van der Waals surface area (Å²) in [5, 5.41) is 14.5. The summed E-state index contributed by atoms with van der Waals surface area (Å²) in [6.45, 7) is 7.52. The average Bonchev–Trinajstić information content (AvgIpc) is 3.30. The molecule has 0 radical (unpaired) electrons. The van der Waals surface area contributed by atoms with Crippen LogP contribution in [0.5, 0.6) is 11.6 Å². The summed E-state index contributed by atoms with van der Waals surface area (Å²) in [4.78, 5) is 27.0. The number of thiocarbonyl (C=S) groups is 1. The predicted octanol–water partition coefficient (Wildman–Crippen LogP) is 5.98. The summed E-state index contributed by atoms with van der Waals surface area (Å²) in [6.07, 6.45) is 2.30. The predicted molar refractivity (Wildman–Crippen MR) is 145 cm³/mol. The zero-order valence-corrected chi connectivity index (χ0v) is 22.1. The van der Waals surface area contributed by atoms with Crippen molar-refractivity contribution >= 4 is 46.3 Å². The van der Waals surface area contributed by atoms with E-state index in [0.29, 0.717) is 34.2 Å². The van der Waals surface area contributed by atoms with E-state index in [1.165, 1.54) is 4.90 Å². The normalized spacial score (nSPS) is 16.4. The van der Waals surface area contributed by atoms with Crippen LogP contribution >= 0.6 is 24.0 Å². The van der Waals surface area contributed by atoms with Crippen LogP contribution in [-0.2, 0) is 9.59 Å². The Balaban J connectivity index is 1.80. The highest BCUT2D eigenvalue weighted by atomic mass is 32.2. The Morgan fingerprint density at radius 3 is 2.56 bits per heavy atom. The van der Waals surface area contributed by atoms with E-state index in [9.17, 15) is 14.7 Å². The lowest BCUT2D eigenvalue weighted by atomic mass is 9.98. The fourth-order valence-electron chi connectivity index (χ4n) is 4.00. The molecule has 186 valence electrons. The molecule has 1 saturated heterocycles. The molecule has 1 amide bonds. The van der Waals surface area contributed by atoms with Gasteiger partial charge in [-0.3, -0.25) is 9.69 Å². The second-order valence-electron chi connectivity index (χ2n) is 8.69. The molecule has 1 unspecified atom stereocenters. The SMILES string of the molecule is CCC(C)[C@@H](C(=O)O)N1C(=O)/C(=C/c2c(C)nn(-c3ccccc3)c2Oc2cccc(C)c2)SC1=S. The van der Waals surface area contributed by atoms with Crippen molar-refractivity contribution in [2.45, 2.75) is 40.2 Å². The van der Waals surface area contributed by atoms with Gasteiger partial charge < -0.3 is 9.84 Å². The number of carbonyl (C=O) groups is 2. The second kappa shape index (κ2) is 10.7. The first-order valence-corrected chi connectivity index (χ1v) is 12.8. The van der Waals surface area contributed by atoms with Gasteiger partial charge in [0, 0.05) is 0 Å². The molecule has 1 aliphatic rings. The summed E-state index contributed by atoms with van der Waals surface area (Å²) < 4.78 is 8.26. The molecular weight excluding hydrogens is 494 g/mol. The number of hydrogen-bond donors (Lipinski definition) is 1. The maximum atomic E-state index is 13.4. The van der Waals surface area contributed by atoms with Gasteiger partial charge in [-0.1, -0.05) is 74.6 Å². The van der Waals surface area contributed by atoms with Crippen LogP contribution in [0.25, 0.3) is 11.8 Å². The third-order valence-electron chi connectivity index (χ3n) is 6.08. The maximum Gasteiger partial charge on any atom is 0.327 e. The number of aryl methyl sites for hydroxylation is 2. The van der Waals surface area contributed by atoms with Gasteiger partial charge in [0.2, 0.25) is 5.88 Å². The van der Waals surface area contributed by atoms with Gasteiger partial charge in [-0.05, 0) is 55.7 Å². The number of carboxylic acids is 1. The monoisotopic (exact) mass is 521 g/mol. The van der Waals surface area contributed by atoms with Crippen LogP contribution in [0.4, 0.5) is 0 Å². The van der Waals surface area contributed by atoms with Gasteiger partial charge in [0.1, 0.15) is 16.1 Å². The highest BCUT2D eigenvalue weighted by Gasteiger charge is 2.42. The van der Waals surface area contributed by atoms with Crippen LogP contribution in [0, 0.1) is 19.8 Å². The van der Waals surface area contributed by atoms with Gasteiger partial charge in [0.15, 0.2) is 0 Å². The first-order chi connectivity index (χ1) is 17.2. The Kier molecular flexibility index (Phi) is 7.61. The van der Waals surface area contributed by atoms with Crippen molar-refractivity contribution in [1.29, 1.82) is 0 Å². The average molecular weight is 522 g/mol. The quantitative estimate of drug-likeness (QED) is 0.288. The second-order valence-corrected chi connectivity index (χ2v) is 10.4. The van der Waals surface area contributed by atoms with Crippen molar-refractivity contribution in [3.05, 3.63) is 76.3 Å². The van der Waals surface area contributed by atoms with Gasteiger partial charge in [0.25, 0.3) is 5.91 Å². The number of para-hydroxylation sites is 1. The summed E-state index contributed by atoms with van der Waals surface area (Å²) in [7, 11) is 0. The Labute approximate surface area is 219 Å². The van der Waals surface area contributed by atoms with E-state index in [1.54, 1.807) is 10.8 Å². The van der Waals surface area contributed by atoms with Crippen molar-refractivity contribution in [1.82, 2.24) is 14.7 Å². The molecule has 4 rings (SSSR count). The Morgan fingerprint density at radius 2 is 1.92 bits per heavy atom. The van der Waals surface area contributed by atoms with Gasteiger partial charge in [0.05, 0.1) is 21.8 Å². The number of amides is 1. The molecule has 36 heavy (non-hydrogen) atoms. The molecule has 1 fully saturated rings. The van der Waals surface area contributed by atoms with Crippen LogP contribution < -0.4 is 4.74 Å². The van der Waals surface area contributed by atoms with Gasteiger partial charge in [-0.25, -0.2) is 4.79 Å². The first-order valence-electron chi connectivity index (χ1n) is 11.6. The van der Waals surface area contributed by atoms with E-state index in [2.05, 4.69) is 0 Å². The number of ether oxygens (including phenoxy) is 1. The molecule has 2 atom stereocenters. The molecule has 0 spiro atoms. The van der Waals surface area contributed by atoms with E-state index >= 15 is 0 Å². The van der Waals surface area contributed by atoms with E-state index in [1.807, 2.05) is 82.3 Å². The molecule has 1 aromatic heterocycles. The first kappa shape index (κ1) is 25.7. The summed E-state index contributed by atoms with van der Waals surface area (Å²) >= 11 is 6.55. The minimum Gasteiger partial charge on any atom is -0.480 e. The number of aliphatic carboxylic acids is 1. The number of benzene rings is 2. The maximum absolute atomic E-state index is 13.4. The minimum atomic E-state index is -1.07. The third-order valence-corrected chi connectivity index (χ3v) is 7.41. The topological polar surface area (TPSA) is 84.7 Å². The lowest BCUT2D eigenvalue weighted by Gasteiger charge is -2.27. The molecule has 9 heteroatoms. The lowest BCUT2D eigenvalue weighted by Crippen LogP contribution is -2.47. The zero-order chi connectivity index (χ0) is 26.0. The fraction of sp³-hybridized carbons (Fsp3) is 0.259. The highest BCUT2D eigenvalue weighted by molar-refractivity contribution is 8.26. The number of carboxylic acid groups (broad SMARTS) is 1. The standard InChI is InChI=1S/C27H27N3O4S2/c1-5-17(3)23(26(32)33)29-24(31)22(36-27(29)35)15-21-18(4)28-30(19-11-7-6-8-12-19)25(21)34-20-13-9-10-16(2)14-20/h6-15,17,23H,5H2,1-4H3,(H,32,33)/b22-15-/t17?,23-/m0/s1. The number of carbonyl (C=O) groups excluding carboxylic acids is 1. The largest absolute Gasteiger partial charge is 0.480 e. The zero-order valence-electron chi connectivity index (χ0n) is 20.5. The van der Waals surface area contributed by atoms with E-state index in [4.69, 9.17) is 22.1 Å². The number of rotatable bonds is 8. The van der Waals surface area contributed by atoms with E-state index in [0.717, 1.165) is 23.0 Å². The Bertz CT molecular complexity index is 1350. The molecule has 1 aliphatic heterocycles. The highest BCUT2D eigenvalue weighted by Crippen LogP contribution is 2.39. The molecule has 2 heterocycles. The van der Waals surface area contributed by atoms with Gasteiger partial charge in [-0.15, -0.1) is 0 Å². The van der Waals surface area contributed by atoms with Crippen molar-refractivity contribution in [2.24, 2.45) is 5.92 Å². The van der Waals surface area contributed by atoms with Crippen molar-refractivity contribution in [3.63, 3.8) is 0 Å². The molecule has 0 bridgehead atoms. The van der Waals surface area contributed by atoms with Crippen LogP contribution in [0.2, 0.25) is 0 Å². The molecule has 1 N–H and O–H groups in total. The van der Waals surface area contributed by atoms with Crippen molar-refractivity contribution in [2.75, 3.05) is 0 Å². The van der Waals surface area contributed by atoms with Gasteiger partial charge >= 0.3 is 5.97 Å². The van der Waals surface area contributed by atoms with Crippen LogP contribution in [-0.4, -0.2) is 42.0 Å². The van der Waals surface area contributed by atoms with Crippen LogP contribution in [0.1, 0.15) is 37.1 Å². The summed E-state index contributed by atoms with van der Waals surface area (Å²) in [6, 6.07) is 16.2. The van der Waals surface area contributed by atoms with Crippen molar-refractivity contribution < 1.29 is 19.4 Å². The van der Waals surface area contributed by atoms with Crippen molar-refractivity contribution in [3.8, 4) is 17.3 Å². The summed E-state index contributed by atoms with van der Waals surface area (Å²) in [5.41, 5.74) is 3.13. The molecule has 2 aromatic carbocycles. The number of aromatic nitrogens is 2. The molecule has 7 nitrogen and oxygen atoms in total.